The number of fused-ring (bicyclic) bond motifs is 1. The maximum atomic E-state index is 11.9. The van der Waals surface area contributed by atoms with Gasteiger partial charge in [-0.3, -0.25) is 19.9 Å². The van der Waals surface area contributed by atoms with Crippen molar-refractivity contribution in [3.05, 3.63) is 30.0 Å². The number of hydrogen-bond donors (Lipinski definition) is 4. The van der Waals surface area contributed by atoms with Crippen LogP contribution in [0.15, 0.2) is 29.3 Å². The first-order chi connectivity index (χ1) is 9.99. The van der Waals surface area contributed by atoms with Gasteiger partial charge in [-0.1, -0.05) is 0 Å². The fraction of sp³-hybridized carbons (Fsp3) is 0.154. The predicted molar refractivity (Wildman–Crippen MR) is 78.0 cm³/mol. The Morgan fingerprint density at radius 2 is 2.10 bits per heavy atom. The fourth-order valence-electron chi connectivity index (χ4n) is 1.71. The summed E-state index contributed by atoms with van der Waals surface area (Å²) >= 11 is 0. The molecule has 0 atom stereocenters. The van der Waals surface area contributed by atoms with Gasteiger partial charge in [0.05, 0.1) is 0 Å². The molecule has 0 saturated carbocycles. The van der Waals surface area contributed by atoms with Crippen molar-refractivity contribution in [1.29, 1.82) is 0 Å². The minimum Gasteiger partial charge on any atom is -0.484 e. The molecule has 1 aromatic carbocycles. The van der Waals surface area contributed by atoms with Crippen LogP contribution >= 0.6 is 0 Å². The van der Waals surface area contributed by atoms with E-state index < -0.39 is 11.8 Å². The van der Waals surface area contributed by atoms with Crippen molar-refractivity contribution in [2.45, 2.75) is 0 Å². The van der Waals surface area contributed by atoms with Gasteiger partial charge in [0, 0.05) is 24.0 Å². The zero-order chi connectivity index (χ0) is 15.4. The highest BCUT2D eigenvalue weighted by Gasteiger charge is 2.11. The van der Waals surface area contributed by atoms with Gasteiger partial charge in [0.1, 0.15) is 11.4 Å². The molecular weight excluding hydrogens is 274 g/mol. The van der Waals surface area contributed by atoms with Crippen LogP contribution in [0.2, 0.25) is 0 Å². The van der Waals surface area contributed by atoms with Gasteiger partial charge >= 0.3 is 0 Å². The number of aromatic nitrogens is 1. The van der Waals surface area contributed by atoms with Gasteiger partial charge in [-0.25, -0.2) is 0 Å². The minimum absolute atomic E-state index is 0.0316. The molecule has 1 aromatic heterocycles. The number of carbonyl (C=O) groups is 2. The summed E-state index contributed by atoms with van der Waals surface area (Å²) in [4.78, 5) is 29.1. The SMILES string of the molecule is CN=C(N)NC(=O)c1cc2ccc(OCC(N)=O)cc2[nH]1. The summed E-state index contributed by atoms with van der Waals surface area (Å²) < 4.78 is 5.19. The summed E-state index contributed by atoms with van der Waals surface area (Å²) in [5, 5.41) is 3.24. The molecule has 0 bridgehead atoms. The molecule has 0 aliphatic rings. The van der Waals surface area contributed by atoms with Crippen LogP contribution in [0.25, 0.3) is 10.9 Å². The Morgan fingerprint density at radius 1 is 1.33 bits per heavy atom. The van der Waals surface area contributed by atoms with E-state index in [-0.39, 0.29) is 12.6 Å². The van der Waals surface area contributed by atoms with Crippen molar-refractivity contribution >= 4 is 28.7 Å². The van der Waals surface area contributed by atoms with E-state index in [9.17, 15) is 9.59 Å². The lowest BCUT2D eigenvalue weighted by molar-refractivity contribution is -0.119. The maximum absolute atomic E-state index is 11.9. The Morgan fingerprint density at radius 3 is 2.76 bits per heavy atom. The molecule has 110 valence electrons. The number of H-pyrrole nitrogens is 1. The lowest BCUT2D eigenvalue weighted by Gasteiger charge is -2.02. The highest BCUT2D eigenvalue weighted by molar-refractivity contribution is 6.06. The van der Waals surface area contributed by atoms with E-state index in [2.05, 4.69) is 15.3 Å². The van der Waals surface area contributed by atoms with Gasteiger partial charge in [0.2, 0.25) is 0 Å². The summed E-state index contributed by atoms with van der Waals surface area (Å²) in [5.41, 5.74) is 11.5. The van der Waals surface area contributed by atoms with Crippen LogP contribution in [-0.2, 0) is 4.79 Å². The fourth-order valence-corrected chi connectivity index (χ4v) is 1.71. The van der Waals surface area contributed by atoms with Gasteiger partial charge < -0.3 is 21.2 Å². The maximum Gasteiger partial charge on any atom is 0.274 e. The van der Waals surface area contributed by atoms with E-state index in [1.165, 1.54) is 7.05 Å². The van der Waals surface area contributed by atoms with Crippen molar-refractivity contribution in [1.82, 2.24) is 10.3 Å². The third-order valence-corrected chi connectivity index (χ3v) is 2.70. The molecule has 2 aromatic rings. The number of benzene rings is 1. The number of aromatic amines is 1. The number of carbonyl (C=O) groups excluding carboxylic acids is 2. The summed E-state index contributed by atoms with van der Waals surface area (Å²) in [6.45, 7) is -0.205. The number of nitrogens with one attached hydrogen (secondary N) is 2. The Hall–Kier alpha value is -3.03. The van der Waals surface area contributed by atoms with Crippen molar-refractivity contribution in [2.75, 3.05) is 13.7 Å². The standard InChI is InChI=1S/C13H15N5O3/c1-16-13(15)18-12(20)10-4-7-2-3-8(5-9(7)17-10)21-6-11(14)19/h2-5,17H,6H2,1H3,(H2,14,19)(H3,15,16,18,20). The number of nitrogens with zero attached hydrogens (tertiary/aromatic N) is 1. The van der Waals surface area contributed by atoms with E-state index >= 15 is 0 Å². The number of hydrogen-bond acceptors (Lipinski definition) is 4. The van der Waals surface area contributed by atoms with Gasteiger partial charge in [-0.2, -0.15) is 0 Å². The van der Waals surface area contributed by atoms with E-state index in [1.807, 2.05) is 0 Å². The summed E-state index contributed by atoms with van der Waals surface area (Å²) in [6.07, 6.45) is 0. The molecule has 0 aliphatic heterocycles. The van der Waals surface area contributed by atoms with Crippen LogP contribution < -0.4 is 21.5 Å². The van der Waals surface area contributed by atoms with E-state index in [4.69, 9.17) is 16.2 Å². The van der Waals surface area contributed by atoms with Crippen molar-refractivity contribution in [3.8, 4) is 5.75 Å². The molecule has 8 heteroatoms. The molecule has 2 amide bonds. The highest BCUT2D eigenvalue weighted by atomic mass is 16.5. The second-order valence-corrected chi connectivity index (χ2v) is 4.25. The smallest absolute Gasteiger partial charge is 0.274 e. The Kier molecular flexibility index (Phi) is 4.07. The number of rotatable bonds is 4. The van der Waals surface area contributed by atoms with Crippen LogP contribution in [0, 0.1) is 0 Å². The highest BCUT2D eigenvalue weighted by Crippen LogP contribution is 2.21. The largest absolute Gasteiger partial charge is 0.484 e. The molecule has 1 heterocycles. The van der Waals surface area contributed by atoms with Crippen LogP contribution in [0.4, 0.5) is 0 Å². The number of nitrogens with two attached hydrogens (primary N) is 2. The Bertz CT molecular complexity index is 720. The molecule has 21 heavy (non-hydrogen) atoms. The normalized spacial score (nSPS) is 11.4. The topological polar surface area (TPSA) is 136 Å². The summed E-state index contributed by atoms with van der Waals surface area (Å²) in [7, 11) is 1.48. The molecule has 0 unspecified atom stereocenters. The van der Waals surface area contributed by atoms with Gasteiger partial charge in [0.15, 0.2) is 12.6 Å². The molecule has 0 spiro atoms. The van der Waals surface area contributed by atoms with Gasteiger partial charge in [0.25, 0.3) is 11.8 Å². The minimum atomic E-state index is -0.559. The quantitative estimate of drug-likeness (QED) is 0.454. The van der Waals surface area contributed by atoms with Gasteiger partial charge in [-0.05, 0) is 18.2 Å². The second-order valence-electron chi connectivity index (χ2n) is 4.25. The molecule has 0 saturated heterocycles. The Labute approximate surface area is 120 Å². The van der Waals surface area contributed by atoms with Crippen LogP contribution in [0.5, 0.6) is 5.75 Å². The third-order valence-electron chi connectivity index (χ3n) is 2.70. The predicted octanol–water partition coefficient (Wildman–Crippen LogP) is -0.294. The summed E-state index contributed by atoms with van der Waals surface area (Å²) in [6, 6.07) is 6.79. The summed E-state index contributed by atoms with van der Waals surface area (Å²) in [5.74, 6) is -0.446. The molecular formula is C13H15N5O3. The first-order valence-electron chi connectivity index (χ1n) is 6.07. The van der Waals surface area contributed by atoms with E-state index in [0.29, 0.717) is 17.0 Å². The number of aliphatic imine (C=N–C) groups is 1. The zero-order valence-electron chi connectivity index (χ0n) is 11.3. The number of guanidine groups is 1. The number of ether oxygens (including phenoxy) is 1. The van der Waals surface area contributed by atoms with Crippen LogP contribution in [0.3, 0.4) is 0 Å². The third kappa shape index (κ3) is 3.50. The molecule has 0 fully saturated rings. The zero-order valence-corrected chi connectivity index (χ0v) is 11.3. The van der Waals surface area contributed by atoms with Crippen LogP contribution in [0.1, 0.15) is 10.5 Å². The lowest BCUT2D eigenvalue weighted by Crippen LogP contribution is -2.36. The van der Waals surface area contributed by atoms with Crippen LogP contribution in [-0.4, -0.2) is 36.4 Å². The molecule has 2 rings (SSSR count). The first-order valence-corrected chi connectivity index (χ1v) is 6.07. The average Bonchev–Trinajstić information content (AvgIpc) is 2.88. The molecule has 0 aliphatic carbocycles. The van der Waals surface area contributed by atoms with Crippen molar-refractivity contribution in [2.24, 2.45) is 16.5 Å². The van der Waals surface area contributed by atoms with E-state index in [1.54, 1.807) is 24.3 Å². The average molecular weight is 289 g/mol. The van der Waals surface area contributed by atoms with Crippen molar-refractivity contribution < 1.29 is 14.3 Å². The number of primary amides is 1. The molecule has 6 N–H and O–H groups in total. The van der Waals surface area contributed by atoms with Crippen molar-refractivity contribution in [3.63, 3.8) is 0 Å². The van der Waals surface area contributed by atoms with E-state index in [0.717, 1.165) is 5.39 Å². The second kappa shape index (κ2) is 5.95. The number of amides is 2. The first kappa shape index (κ1) is 14.4. The molecule has 0 radical (unpaired) electrons. The lowest BCUT2D eigenvalue weighted by atomic mass is 10.2. The van der Waals surface area contributed by atoms with Gasteiger partial charge in [-0.15, -0.1) is 0 Å². The Balaban J connectivity index is 2.21. The molecule has 8 nitrogen and oxygen atoms in total. The monoisotopic (exact) mass is 289 g/mol.